The number of hydrogen-bond donors (Lipinski definition) is 0. The molecule has 0 amide bonds. The Kier molecular flexibility index (Phi) is 3.31. The van der Waals surface area contributed by atoms with Crippen molar-refractivity contribution in [3.8, 4) is 5.75 Å². The summed E-state index contributed by atoms with van der Waals surface area (Å²) >= 11 is 10.9. The average molecular weight is 205 g/mol. The highest BCUT2D eigenvalue weighted by Gasteiger charge is 2.05. The number of hydrogen-bond acceptors (Lipinski definition) is 3. The zero-order valence-corrected chi connectivity index (χ0v) is 7.80. The molecule has 0 aliphatic carbocycles. The first kappa shape index (κ1) is 9.29. The van der Waals surface area contributed by atoms with Crippen LogP contribution < -0.4 is 4.74 Å². The van der Waals surface area contributed by atoms with Crippen LogP contribution in [0.2, 0.25) is 5.02 Å². The second-order valence-electron chi connectivity index (χ2n) is 1.97. The third-order valence-corrected chi connectivity index (χ3v) is 1.67. The van der Waals surface area contributed by atoms with Crippen LogP contribution in [0.1, 0.15) is 0 Å². The van der Waals surface area contributed by atoms with Gasteiger partial charge in [-0.25, -0.2) is 0 Å². The number of ether oxygens (including phenoxy) is 1. The predicted molar refractivity (Wildman–Crippen MR) is 48.4 cm³/mol. The SMILES string of the molecule is COc1c(Cl)cccc1N=NCl. The Bertz CT molecular complexity index is 301. The summed E-state index contributed by atoms with van der Waals surface area (Å²) in [6.45, 7) is 0. The van der Waals surface area contributed by atoms with E-state index < -0.39 is 0 Å². The van der Waals surface area contributed by atoms with Crippen LogP contribution in [0.3, 0.4) is 0 Å². The van der Waals surface area contributed by atoms with E-state index in [1.165, 1.54) is 7.11 Å². The summed E-state index contributed by atoms with van der Waals surface area (Å²) in [6, 6.07) is 5.15. The van der Waals surface area contributed by atoms with E-state index in [2.05, 4.69) is 9.75 Å². The van der Waals surface area contributed by atoms with Gasteiger partial charge in [0.15, 0.2) is 5.75 Å². The third kappa shape index (κ3) is 1.87. The molecule has 0 spiro atoms. The monoisotopic (exact) mass is 204 g/mol. The van der Waals surface area contributed by atoms with E-state index in [-0.39, 0.29) is 0 Å². The van der Waals surface area contributed by atoms with E-state index in [4.69, 9.17) is 28.1 Å². The smallest absolute Gasteiger partial charge is 0.164 e. The number of benzene rings is 1. The minimum atomic E-state index is 0.476. The number of halogens is 2. The van der Waals surface area contributed by atoms with E-state index in [1.54, 1.807) is 18.2 Å². The standard InChI is InChI=1S/C7H6Cl2N2O/c1-12-7-5(8)3-2-4-6(7)10-11-9/h2-4H,1H3. The lowest BCUT2D eigenvalue weighted by Crippen LogP contribution is -1.83. The Labute approximate surface area is 80.1 Å². The fraction of sp³-hybridized carbons (Fsp3) is 0.143. The predicted octanol–water partition coefficient (Wildman–Crippen LogP) is 3.59. The second-order valence-corrected chi connectivity index (χ2v) is 2.53. The van der Waals surface area contributed by atoms with Gasteiger partial charge in [0.2, 0.25) is 0 Å². The Morgan fingerprint density at radius 2 is 2.17 bits per heavy atom. The fourth-order valence-corrected chi connectivity index (χ4v) is 1.15. The molecule has 0 radical (unpaired) electrons. The van der Waals surface area contributed by atoms with Gasteiger partial charge in [-0.15, -0.1) is 5.11 Å². The summed E-state index contributed by atoms with van der Waals surface area (Å²) in [5, 5.41) is 4.10. The van der Waals surface area contributed by atoms with Crippen molar-refractivity contribution in [1.82, 2.24) is 0 Å². The molecule has 0 atom stereocenters. The van der Waals surface area contributed by atoms with E-state index in [9.17, 15) is 0 Å². The average Bonchev–Trinajstić information content (AvgIpc) is 2.05. The number of rotatable bonds is 2. The molecule has 0 fully saturated rings. The molecule has 3 nitrogen and oxygen atoms in total. The molecule has 5 heteroatoms. The van der Waals surface area contributed by atoms with Crippen molar-refractivity contribution in [3.05, 3.63) is 23.2 Å². The van der Waals surface area contributed by atoms with Gasteiger partial charge < -0.3 is 4.74 Å². The number of para-hydroxylation sites is 1. The molecule has 1 rings (SSSR count). The third-order valence-electron chi connectivity index (χ3n) is 1.30. The largest absolute Gasteiger partial charge is 0.493 e. The Morgan fingerprint density at radius 3 is 2.75 bits per heavy atom. The first-order valence-electron chi connectivity index (χ1n) is 3.14. The van der Waals surface area contributed by atoms with Crippen LogP contribution in [0.5, 0.6) is 5.75 Å². The molecule has 0 saturated carbocycles. The minimum Gasteiger partial charge on any atom is -0.493 e. The normalized spacial score (nSPS) is 10.6. The Morgan fingerprint density at radius 1 is 1.42 bits per heavy atom. The molecule has 0 heterocycles. The molecule has 1 aromatic carbocycles. The fourth-order valence-electron chi connectivity index (χ4n) is 0.819. The van der Waals surface area contributed by atoms with Gasteiger partial charge in [-0.1, -0.05) is 22.3 Å². The lowest BCUT2D eigenvalue weighted by atomic mass is 10.3. The van der Waals surface area contributed by atoms with E-state index in [0.717, 1.165) is 0 Å². The van der Waals surface area contributed by atoms with Gasteiger partial charge in [0, 0.05) is 0 Å². The van der Waals surface area contributed by atoms with Crippen LogP contribution in [-0.2, 0) is 0 Å². The maximum atomic E-state index is 5.80. The second kappa shape index (κ2) is 4.28. The molecule has 0 bridgehead atoms. The van der Waals surface area contributed by atoms with Crippen LogP contribution in [0.25, 0.3) is 0 Å². The maximum Gasteiger partial charge on any atom is 0.164 e. The topological polar surface area (TPSA) is 34.0 Å². The minimum absolute atomic E-state index is 0.476. The lowest BCUT2D eigenvalue weighted by molar-refractivity contribution is 0.416. The van der Waals surface area contributed by atoms with E-state index >= 15 is 0 Å². The molecule has 12 heavy (non-hydrogen) atoms. The summed E-state index contributed by atoms with van der Waals surface area (Å²) in [5.41, 5.74) is 0.514. The first-order valence-corrected chi connectivity index (χ1v) is 3.85. The van der Waals surface area contributed by atoms with Crippen molar-refractivity contribution < 1.29 is 4.74 Å². The van der Waals surface area contributed by atoms with Crippen LogP contribution in [0.4, 0.5) is 5.69 Å². The Hall–Kier alpha value is -0.800. The molecule has 64 valence electrons. The van der Waals surface area contributed by atoms with Crippen molar-refractivity contribution in [2.24, 2.45) is 9.75 Å². The lowest BCUT2D eigenvalue weighted by Gasteiger charge is -2.03. The highest BCUT2D eigenvalue weighted by atomic mass is 35.5. The highest BCUT2D eigenvalue weighted by molar-refractivity contribution is 6.32. The zero-order chi connectivity index (χ0) is 8.97. The van der Waals surface area contributed by atoms with Gasteiger partial charge in [-0.05, 0) is 12.1 Å². The summed E-state index contributed by atoms with van der Waals surface area (Å²) < 4.78 is 8.10. The van der Waals surface area contributed by atoms with E-state index in [1.807, 2.05) is 0 Å². The molecule has 0 saturated heterocycles. The van der Waals surface area contributed by atoms with Crippen molar-refractivity contribution in [1.29, 1.82) is 0 Å². The molecule has 0 aromatic heterocycles. The Balaban J connectivity index is 3.18. The number of nitrogens with zero attached hydrogens (tertiary/aromatic N) is 2. The van der Waals surface area contributed by atoms with Crippen molar-refractivity contribution >= 4 is 29.1 Å². The van der Waals surface area contributed by atoms with E-state index in [0.29, 0.717) is 16.5 Å². The molecular formula is C7H6Cl2N2O. The molecule has 0 aliphatic heterocycles. The van der Waals surface area contributed by atoms with Gasteiger partial charge in [-0.2, -0.15) is 0 Å². The molecule has 0 unspecified atom stereocenters. The maximum absolute atomic E-state index is 5.80. The molecular weight excluding hydrogens is 199 g/mol. The van der Waals surface area contributed by atoms with Gasteiger partial charge in [-0.3, -0.25) is 0 Å². The van der Waals surface area contributed by atoms with Crippen molar-refractivity contribution in [2.75, 3.05) is 7.11 Å². The van der Waals surface area contributed by atoms with Crippen LogP contribution in [-0.4, -0.2) is 7.11 Å². The van der Waals surface area contributed by atoms with Gasteiger partial charge in [0.05, 0.1) is 23.9 Å². The van der Waals surface area contributed by atoms with Gasteiger partial charge in [0.25, 0.3) is 0 Å². The molecule has 0 N–H and O–H groups in total. The van der Waals surface area contributed by atoms with Gasteiger partial charge in [0.1, 0.15) is 5.69 Å². The van der Waals surface area contributed by atoms with Crippen LogP contribution >= 0.6 is 23.4 Å². The highest BCUT2D eigenvalue weighted by Crippen LogP contribution is 2.34. The molecule has 0 aliphatic rings. The summed E-state index contributed by atoms with van der Waals surface area (Å²) in [7, 11) is 1.51. The molecule has 1 aromatic rings. The number of methoxy groups -OCH3 is 1. The van der Waals surface area contributed by atoms with Crippen molar-refractivity contribution in [3.63, 3.8) is 0 Å². The summed E-state index contributed by atoms with van der Waals surface area (Å²) in [4.78, 5) is 0. The quantitative estimate of drug-likeness (QED) is 0.679. The summed E-state index contributed by atoms with van der Waals surface area (Å²) in [6.07, 6.45) is 0. The van der Waals surface area contributed by atoms with Crippen LogP contribution in [0, 0.1) is 0 Å². The first-order chi connectivity index (χ1) is 5.79. The van der Waals surface area contributed by atoms with Crippen molar-refractivity contribution in [2.45, 2.75) is 0 Å². The zero-order valence-electron chi connectivity index (χ0n) is 6.29. The van der Waals surface area contributed by atoms with Gasteiger partial charge >= 0.3 is 0 Å². The van der Waals surface area contributed by atoms with Crippen LogP contribution in [0.15, 0.2) is 27.9 Å². The summed E-state index contributed by atoms with van der Waals surface area (Å²) in [5.74, 6) is 0.476.